The molecule has 1 amide bonds. The number of nitrogens with one attached hydrogen (secondary N) is 1. The maximum Gasteiger partial charge on any atom is 0.310 e. The Labute approximate surface area is 130 Å². The molecule has 0 radical (unpaired) electrons. The van der Waals surface area contributed by atoms with E-state index in [9.17, 15) is 9.59 Å². The van der Waals surface area contributed by atoms with Crippen molar-refractivity contribution in [2.75, 3.05) is 0 Å². The van der Waals surface area contributed by atoms with E-state index >= 15 is 0 Å². The molecule has 0 aromatic carbocycles. The van der Waals surface area contributed by atoms with Crippen LogP contribution in [0.1, 0.15) is 24.1 Å². The smallest absolute Gasteiger partial charge is 0.310 e. The molecule has 2 N–H and O–H groups in total. The molecule has 2 rings (SSSR count). The number of rotatable bonds is 6. The van der Waals surface area contributed by atoms with E-state index in [4.69, 9.17) is 5.11 Å². The van der Waals surface area contributed by atoms with Gasteiger partial charge in [-0.2, -0.15) is 0 Å². The van der Waals surface area contributed by atoms with Crippen LogP contribution in [0.15, 0.2) is 28.1 Å². The van der Waals surface area contributed by atoms with Crippen LogP contribution < -0.4 is 5.32 Å². The fraction of sp³-hybridized carbons (Fsp3) is 0.429. The molecule has 20 heavy (non-hydrogen) atoms. The average molecular weight is 358 g/mol. The summed E-state index contributed by atoms with van der Waals surface area (Å²) in [7, 11) is 0. The number of carbonyl (C=O) groups excluding carboxylic acids is 1. The van der Waals surface area contributed by atoms with Gasteiger partial charge in [-0.15, -0.1) is 11.3 Å². The van der Waals surface area contributed by atoms with Crippen LogP contribution in [0.25, 0.3) is 0 Å². The van der Waals surface area contributed by atoms with Crippen LogP contribution in [0.5, 0.6) is 0 Å². The molecule has 1 heterocycles. The zero-order chi connectivity index (χ0) is 14.5. The minimum Gasteiger partial charge on any atom is -0.481 e. The second-order valence-electron chi connectivity index (χ2n) is 4.80. The van der Waals surface area contributed by atoms with E-state index in [1.54, 1.807) is 23.5 Å². The van der Waals surface area contributed by atoms with Gasteiger partial charge in [0.2, 0.25) is 5.91 Å². The van der Waals surface area contributed by atoms with Crippen molar-refractivity contribution in [3.05, 3.63) is 32.9 Å². The molecule has 1 aromatic heterocycles. The predicted octanol–water partition coefficient (Wildman–Crippen LogP) is 2.98. The highest BCUT2D eigenvalue weighted by Gasteiger charge is 2.25. The Kier molecular flexibility index (Phi) is 5.37. The van der Waals surface area contributed by atoms with E-state index in [0.717, 1.165) is 16.6 Å². The van der Waals surface area contributed by atoms with Crippen LogP contribution >= 0.6 is 27.3 Å². The van der Waals surface area contributed by atoms with Crippen molar-refractivity contribution in [1.82, 2.24) is 5.32 Å². The molecular formula is C14H16BrNO3S. The Morgan fingerprint density at radius 1 is 1.40 bits per heavy atom. The number of carboxylic acid groups (broad SMARTS) is 1. The third kappa shape index (κ3) is 4.45. The van der Waals surface area contributed by atoms with Gasteiger partial charge in [-0.1, -0.05) is 12.2 Å². The Morgan fingerprint density at radius 2 is 2.20 bits per heavy atom. The summed E-state index contributed by atoms with van der Waals surface area (Å²) in [5, 5.41) is 11.7. The number of thiophene rings is 1. The van der Waals surface area contributed by atoms with Crippen LogP contribution in [0.2, 0.25) is 0 Å². The lowest BCUT2D eigenvalue weighted by Gasteiger charge is -2.11. The first-order chi connectivity index (χ1) is 9.54. The van der Waals surface area contributed by atoms with E-state index in [2.05, 4.69) is 27.3 Å². The van der Waals surface area contributed by atoms with Gasteiger partial charge in [-0.3, -0.25) is 9.59 Å². The summed E-state index contributed by atoms with van der Waals surface area (Å²) in [6.45, 7) is 0. The second-order valence-corrected chi connectivity index (χ2v) is 7.35. The van der Waals surface area contributed by atoms with Crippen LogP contribution in [0.4, 0.5) is 0 Å². The SMILES string of the molecule is O=C(CCCc1ccc(Br)s1)NC1C=CC(C(=O)O)C1. The molecule has 1 aliphatic rings. The summed E-state index contributed by atoms with van der Waals surface area (Å²) in [5.74, 6) is -1.31. The highest BCUT2D eigenvalue weighted by atomic mass is 79.9. The number of hydrogen-bond donors (Lipinski definition) is 2. The first kappa shape index (κ1) is 15.3. The maximum atomic E-state index is 11.8. The van der Waals surface area contributed by atoms with Gasteiger partial charge in [0.1, 0.15) is 0 Å². The van der Waals surface area contributed by atoms with Crippen LogP contribution in [0.3, 0.4) is 0 Å². The number of halogens is 1. The summed E-state index contributed by atoms with van der Waals surface area (Å²) >= 11 is 5.10. The van der Waals surface area contributed by atoms with Gasteiger partial charge < -0.3 is 10.4 Å². The van der Waals surface area contributed by atoms with Crippen molar-refractivity contribution in [2.24, 2.45) is 5.92 Å². The minimum atomic E-state index is -0.832. The Bertz CT molecular complexity index is 526. The van der Waals surface area contributed by atoms with Crippen molar-refractivity contribution in [1.29, 1.82) is 0 Å². The number of carbonyl (C=O) groups is 2. The summed E-state index contributed by atoms with van der Waals surface area (Å²) in [6.07, 6.45) is 6.04. The van der Waals surface area contributed by atoms with Crippen LogP contribution in [-0.4, -0.2) is 23.0 Å². The lowest BCUT2D eigenvalue weighted by molar-refractivity contribution is -0.140. The zero-order valence-electron chi connectivity index (χ0n) is 10.8. The molecule has 0 fully saturated rings. The van der Waals surface area contributed by atoms with Crippen molar-refractivity contribution in [3.63, 3.8) is 0 Å². The summed E-state index contributed by atoms with van der Waals surface area (Å²) in [5.41, 5.74) is 0. The highest BCUT2D eigenvalue weighted by molar-refractivity contribution is 9.11. The molecule has 0 spiro atoms. The minimum absolute atomic E-state index is 0.0127. The molecule has 0 bridgehead atoms. The quantitative estimate of drug-likeness (QED) is 0.769. The Morgan fingerprint density at radius 3 is 2.80 bits per heavy atom. The molecule has 0 saturated heterocycles. The van der Waals surface area contributed by atoms with Gasteiger partial charge in [0, 0.05) is 17.3 Å². The third-order valence-corrected chi connectivity index (χ3v) is 4.89. The van der Waals surface area contributed by atoms with Crippen LogP contribution in [0, 0.1) is 5.92 Å². The Balaban J connectivity index is 1.66. The average Bonchev–Trinajstić information content (AvgIpc) is 2.99. The number of aryl methyl sites for hydroxylation is 1. The Hall–Kier alpha value is -1.14. The predicted molar refractivity (Wildman–Crippen MR) is 81.8 cm³/mol. The van der Waals surface area contributed by atoms with E-state index < -0.39 is 11.9 Å². The first-order valence-electron chi connectivity index (χ1n) is 6.49. The standard InChI is InChI=1S/C14H16BrNO3S/c15-12-7-6-11(20-12)2-1-3-13(17)16-10-5-4-9(8-10)14(18)19/h4-7,9-10H,1-3,8H2,(H,16,17)(H,18,19). The van der Waals surface area contributed by atoms with E-state index in [1.165, 1.54) is 4.88 Å². The molecule has 2 unspecified atom stereocenters. The molecule has 0 aliphatic heterocycles. The van der Waals surface area contributed by atoms with Gasteiger partial charge in [0.05, 0.1) is 9.70 Å². The maximum absolute atomic E-state index is 11.8. The van der Waals surface area contributed by atoms with E-state index in [0.29, 0.717) is 12.8 Å². The molecular weight excluding hydrogens is 342 g/mol. The van der Waals surface area contributed by atoms with E-state index in [1.807, 2.05) is 6.07 Å². The van der Waals surface area contributed by atoms with Gasteiger partial charge in [-0.25, -0.2) is 0 Å². The first-order valence-corrected chi connectivity index (χ1v) is 8.10. The molecule has 0 saturated carbocycles. The van der Waals surface area contributed by atoms with Crippen LogP contribution in [-0.2, 0) is 16.0 Å². The molecule has 4 nitrogen and oxygen atoms in total. The lowest BCUT2D eigenvalue weighted by Crippen LogP contribution is -2.33. The topological polar surface area (TPSA) is 66.4 Å². The molecule has 2 atom stereocenters. The zero-order valence-corrected chi connectivity index (χ0v) is 13.2. The second kappa shape index (κ2) is 7.04. The fourth-order valence-electron chi connectivity index (χ4n) is 2.18. The largest absolute Gasteiger partial charge is 0.481 e. The van der Waals surface area contributed by atoms with Gasteiger partial charge in [0.15, 0.2) is 0 Å². The third-order valence-electron chi connectivity index (χ3n) is 3.20. The molecule has 6 heteroatoms. The monoisotopic (exact) mass is 357 g/mol. The van der Waals surface area contributed by atoms with Gasteiger partial charge >= 0.3 is 5.97 Å². The highest BCUT2D eigenvalue weighted by Crippen LogP contribution is 2.23. The lowest BCUT2D eigenvalue weighted by atomic mass is 10.1. The number of aliphatic carboxylic acids is 1. The van der Waals surface area contributed by atoms with E-state index in [-0.39, 0.29) is 11.9 Å². The summed E-state index contributed by atoms with van der Waals surface area (Å²) in [6, 6.07) is 3.93. The van der Waals surface area contributed by atoms with Crippen molar-refractivity contribution < 1.29 is 14.7 Å². The van der Waals surface area contributed by atoms with Gasteiger partial charge in [-0.05, 0) is 47.3 Å². The summed E-state index contributed by atoms with van der Waals surface area (Å²) in [4.78, 5) is 23.8. The number of hydrogen-bond acceptors (Lipinski definition) is 3. The molecule has 108 valence electrons. The normalized spacial score (nSPS) is 21.1. The summed E-state index contributed by atoms with van der Waals surface area (Å²) < 4.78 is 1.10. The molecule has 1 aliphatic carbocycles. The van der Waals surface area contributed by atoms with Crippen molar-refractivity contribution in [2.45, 2.75) is 31.7 Å². The van der Waals surface area contributed by atoms with Crippen molar-refractivity contribution in [3.8, 4) is 0 Å². The number of amides is 1. The number of carboxylic acids is 1. The molecule has 1 aromatic rings. The van der Waals surface area contributed by atoms with Gasteiger partial charge in [0.25, 0.3) is 0 Å². The van der Waals surface area contributed by atoms with Crippen molar-refractivity contribution >= 4 is 39.1 Å². The fourth-order valence-corrected chi connectivity index (χ4v) is 3.70.